The minimum Gasteiger partial charge on any atom is -0.382 e. The molecule has 2 aromatic heterocycles. The number of thiazole rings is 1. The zero-order chi connectivity index (χ0) is 25.4. The minimum atomic E-state index is -0.443. The van der Waals surface area contributed by atoms with Gasteiger partial charge in [-0.1, -0.05) is 35.3 Å². The molecule has 1 amide bonds. The second-order valence-electron chi connectivity index (χ2n) is 8.65. The molecule has 13 heteroatoms. The van der Waals surface area contributed by atoms with E-state index in [0.717, 1.165) is 10.6 Å². The van der Waals surface area contributed by atoms with E-state index < -0.39 is 5.78 Å². The lowest BCUT2D eigenvalue weighted by Gasteiger charge is -2.38. The molecular weight excluding hydrogens is 523 g/mol. The number of halogens is 2. The van der Waals surface area contributed by atoms with Crippen LogP contribution in [0.4, 0.5) is 11.6 Å². The number of allylic oxidation sites excluding steroid dienone is 1. The average Bonchev–Trinajstić information content (AvgIpc) is 3.50. The first-order valence-electron chi connectivity index (χ1n) is 11.1. The number of amides is 1. The number of nitrogen functional groups attached to an aromatic ring is 2. The van der Waals surface area contributed by atoms with E-state index >= 15 is 0 Å². The topological polar surface area (TPSA) is 152 Å². The molecule has 2 saturated heterocycles. The maximum absolute atomic E-state index is 13.1. The standard InChI is InChI=1S/C23H22Cl2N8O2S/c24-13-3-1-12(2-4-13)21-29-14(10-36-21)22(35)33-7-5-23(6-8-33)11-28-16(32-23)9-15(34)17-19(26)31-20(27)18(25)30-17/h1-4,9-10,28,32H,5-8,11H2,(H4,26,27,31)/b16-9+. The molecule has 0 saturated carbocycles. The summed E-state index contributed by atoms with van der Waals surface area (Å²) in [7, 11) is 0. The number of carbonyl (C=O) groups excluding carboxylic acids is 2. The second-order valence-corrected chi connectivity index (χ2v) is 10.3. The summed E-state index contributed by atoms with van der Waals surface area (Å²) < 4.78 is 0. The van der Waals surface area contributed by atoms with Crippen molar-refractivity contribution in [1.29, 1.82) is 0 Å². The molecular formula is C23H22Cl2N8O2S. The molecule has 3 aromatic rings. The van der Waals surface area contributed by atoms with E-state index in [1.165, 1.54) is 17.4 Å². The van der Waals surface area contributed by atoms with Crippen molar-refractivity contribution in [3.05, 3.63) is 63.1 Å². The molecule has 186 valence electrons. The Morgan fingerprint density at radius 3 is 2.50 bits per heavy atom. The number of nitrogens with two attached hydrogens (primary N) is 2. The van der Waals surface area contributed by atoms with E-state index in [9.17, 15) is 9.59 Å². The van der Waals surface area contributed by atoms with Crippen LogP contribution >= 0.6 is 34.5 Å². The molecule has 0 atom stereocenters. The number of hydrogen-bond donors (Lipinski definition) is 4. The van der Waals surface area contributed by atoms with E-state index in [-0.39, 0.29) is 33.9 Å². The summed E-state index contributed by atoms with van der Waals surface area (Å²) in [5, 5.41) is 9.76. The van der Waals surface area contributed by atoms with Gasteiger partial charge in [-0.15, -0.1) is 11.3 Å². The van der Waals surface area contributed by atoms with Crippen molar-refractivity contribution >= 4 is 57.9 Å². The fourth-order valence-electron chi connectivity index (χ4n) is 4.25. The van der Waals surface area contributed by atoms with Gasteiger partial charge in [0.15, 0.2) is 22.5 Å². The first-order chi connectivity index (χ1) is 17.2. The number of hydrogen-bond acceptors (Lipinski definition) is 10. The average molecular weight is 545 g/mol. The summed E-state index contributed by atoms with van der Waals surface area (Å²) in [5.74, 6) is -0.0933. The number of benzene rings is 1. The summed E-state index contributed by atoms with van der Waals surface area (Å²) in [4.78, 5) is 39.9. The lowest BCUT2D eigenvalue weighted by Crippen LogP contribution is -2.53. The van der Waals surface area contributed by atoms with Crippen LogP contribution in [0, 0.1) is 0 Å². The Hall–Kier alpha value is -3.41. The highest BCUT2D eigenvalue weighted by atomic mass is 35.5. The zero-order valence-corrected chi connectivity index (χ0v) is 21.3. The normalized spacial score (nSPS) is 17.7. The molecule has 0 bridgehead atoms. The molecule has 2 aliphatic heterocycles. The number of ketones is 1. The van der Waals surface area contributed by atoms with Gasteiger partial charge in [-0.2, -0.15) is 0 Å². The lowest BCUT2D eigenvalue weighted by molar-refractivity contribution is 0.0662. The second kappa shape index (κ2) is 9.57. The van der Waals surface area contributed by atoms with E-state index in [0.29, 0.717) is 49.0 Å². The van der Waals surface area contributed by atoms with Crippen LogP contribution in [0.25, 0.3) is 10.6 Å². The van der Waals surface area contributed by atoms with Crippen molar-refractivity contribution < 1.29 is 9.59 Å². The highest BCUT2D eigenvalue weighted by molar-refractivity contribution is 7.13. The fraction of sp³-hybridized carbons (Fsp3) is 0.261. The minimum absolute atomic E-state index is 0.0328. The van der Waals surface area contributed by atoms with Crippen LogP contribution in [0.1, 0.15) is 33.8 Å². The van der Waals surface area contributed by atoms with E-state index in [4.69, 9.17) is 34.7 Å². The fourth-order valence-corrected chi connectivity index (χ4v) is 5.30. The van der Waals surface area contributed by atoms with Gasteiger partial charge in [0.25, 0.3) is 5.91 Å². The van der Waals surface area contributed by atoms with E-state index in [1.54, 1.807) is 17.5 Å². The van der Waals surface area contributed by atoms with Crippen molar-refractivity contribution in [2.24, 2.45) is 0 Å². The third-order valence-electron chi connectivity index (χ3n) is 6.25. The number of rotatable bonds is 4. The number of carbonyl (C=O) groups is 2. The molecule has 36 heavy (non-hydrogen) atoms. The van der Waals surface area contributed by atoms with E-state index in [2.05, 4.69) is 25.6 Å². The van der Waals surface area contributed by atoms with Crippen LogP contribution in [0.15, 0.2) is 41.5 Å². The van der Waals surface area contributed by atoms with Gasteiger partial charge in [-0.3, -0.25) is 9.59 Å². The summed E-state index contributed by atoms with van der Waals surface area (Å²) in [6.45, 7) is 1.75. The molecule has 0 unspecified atom stereocenters. The quantitative estimate of drug-likeness (QED) is 0.286. The van der Waals surface area contributed by atoms with Crippen LogP contribution in [0.3, 0.4) is 0 Å². The van der Waals surface area contributed by atoms with Crippen LogP contribution in [-0.2, 0) is 0 Å². The highest BCUT2D eigenvalue weighted by Crippen LogP contribution is 2.29. The Balaban J connectivity index is 1.21. The number of anilines is 2. The first-order valence-corrected chi connectivity index (χ1v) is 12.7. The number of likely N-dealkylation sites (tertiary alicyclic amines) is 1. The SMILES string of the molecule is Nc1nc(N)c(C(=O)/C=C2\NCC3(CCN(C(=O)c4csc(-c5ccc(Cl)cc5)n4)CC3)N2)nc1Cl. The molecule has 1 aromatic carbocycles. The van der Waals surface area contributed by atoms with Crippen molar-refractivity contribution in [2.45, 2.75) is 18.4 Å². The van der Waals surface area contributed by atoms with Gasteiger partial charge >= 0.3 is 0 Å². The third kappa shape index (κ3) is 4.81. The van der Waals surface area contributed by atoms with Crippen LogP contribution in [0.2, 0.25) is 10.2 Å². The molecule has 5 rings (SSSR count). The van der Waals surface area contributed by atoms with Crippen LogP contribution in [0.5, 0.6) is 0 Å². The number of nitrogens with zero attached hydrogens (tertiary/aromatic N) is 4. The number of aromatic nitrogens is 3. The van der Waals surface area contributed by atoms with Crippen molar-refractivity contribution in [3.63, 3.8) is 0 Å². The zero-order valence-electron chi connectivity index (χ0n) is 18.9. The maximum Gasteiger partial charge on any atom is 0.273 e. The molecule has 6 N–H and O–H groups in total. The Kier molecular flexibility index (Phi) is 6.45. The predicted octanol–water partition coefficient (Wildman–Crippen LogP) is 2.96. The summed E-state index contributed by atoms with van der Waals surface area (Å²) in [6.07, 6.45) is 2.80. The molecule has 4 heterocycles. The largest absolute Gasteiger partial charge is 0.382 e. The summed E-state index contributed by atoms with van der Waals surface area (Å²) in [6, 6.07) is 7.38. The van der Waals surface area contributed by atoms with Crippen molar-refractivity contribution in [2.75, 3.05) is 31.1 Å². The maximum atomic E-state index is 13.1. The Bertz CT molecular complexity index is 1370. The third-order valence-corrected chi connectivity index (χ3v) is 7.67. The molecule has 10 nitrogen and oxygen atoms in total. The monoisotopic (exact) mass is 544 g/mol. The lowest BCUT2D eigenvalue weighted by atomic mass is 9.88. The van der Waals surface area contributed by atoms with E-state index in [1.807, 2.05) is 17.0 Å². The van der Waals surface area contributed by atoms with Gasteiger partial charge < -0.3 is 27.0 Å². The van der Waals surface area contributed by atoms with Gasteiger partial charge in [-0.05, 0) is 25.0 Å². The molecule has 1 spiro atoms. The first kappa shape index (κ1) is 24.3. The Morgan fingerprint density at radius 1 is 1.06 bits per heavy atom. The molecule has 2 aliphatic rings. The molecule has 0 radical (unpaired) electrons. The summed E-state index contributed by atoms with van der Waals surface area (Å²) in [5.41, 5.74) is 12.4. The molecule has 0 aliphatic carbocycles. The number of piperidine rings is 1. The Labute approximate surface area is 220 Å². The highest BCUT2D eigenvalue weighted by Gasteiger charge is 2.40. The smallest absolute Gasteiger partial charge is 0.273 e. The van der Waals surface area contributed by atoms with Crippen LogP contribution in [-0.4, -0.2) is 56.7 Å². The van der Waals surface area contributed by atoms with Gasteiger partial charge in [0.1, 0.15) is 16.5 Å². The Morgan fingerprint density at radius 2 is 1.78 bits per heavy atom. The predicted molar refractivity (Wildman–Crippen MR) is 140 cm³/mol. The number of nitrogens with one attached hydrogen (secondary N) is 2. The van der Waals surface area contributed by atoms with Crippen molar-refractivity contribution in [1.82, 2.24) is 30.5 Å². The van der Waals surface area contributed by atoms with Gasteiger partial charge in [0.05, 0.1) is 5.54 Å². The van der Waals surface area contributed by atoms with Crippen LogP contribution < -0.4 is 22.1 Å². The van der Waals surface area contributed by atoms with Gasteiger partial charge in [0, 0.05) is 41.7 Å². The van der Waals surface area contributed by atoms with Gasteiger partial charge in [-0.25, -0.2) is 15.0 Å². The molecule has 2 fully saturated rings. The van der Waals surface area contributed by atoms with Gasteiger partial charge in [0.2, 0.25) is 5.78 Å². The van der Waals surface area contributed by atoms with Crippen molar-refractivity contribution in [3.8, 4) is 10.6 Å². The summed E-state index contributed by atoms with van der Waals surface area (Å²) >= 11 is 13.3.